The van der Waals surface area contributed by atoms with Crippen molar-refractivity contribution in [1.82, 2.24) is 19.7 Å². The molecule has 2 heterocycles. The highest BCUT2D eigenvalue weighted by Crippen LogP contribution is 2.25. The number of thioether (sulfide) groups is 1. The van der Waals surface area contributed by atoms with Gasteiger partial charge in [0.15, 0.2) is 11.0 Å². The number of allylic oxidation sites excluding steroid dienone is 1. The number of thiophene rings is 1. The van der Waals surface area contributed by atoms with Crippen molar-refractivity contribution in [3.8, 4) is 11.4 Å². The van der Waals surface area contributed by atoms with Crippen molar-refractivity contribution in [1.29, 1.82) is 0 Å². The molecule has 0 spiro atoms. The molecule has 0 unspecified atom stereocenters. The molecule has 140 valence electrons. The smallest absolute Gasteiger partial charge is 0.233 e. The van der Waals surface area contributed by atoms with E-state index in [-0.39, 0.29) is 5.91 Å². The number of carbonyl (C=O) groups is 1. The van der Waals surface area contributed by atoms with E-state index >= 15 is 0 Å². The highest BCUT2D eigenvalue weighted by atomic mass is 35.5. The molecule has 0 atom stereocenters. The van der Waals surface area contributed by atoms with Gasteiger partial charge in [-0.3, -0.25) is 9.36 Å². The van der Waals surface area contributed by atoms with Crippen LogP contribution in [0.3, 0.4) is 0 Å². The lowest BCUT2D eigenvalue weighted by Crippen LogP contribution is -2.27. The maximum atomic E-state index is 12.4. The summed E-state index contributed by atoms with van der Waals surface area (Å²) in [7, 11) is 1.82. The Kier molecular flexibility index (Phi) is 6.71. The monoisotopic (exact) mass is 418 g/mol. The number of nitrogens with zero attached hydrogens (tertiary/aromatic N) is 4. The van der Waals surface area contributed by atoms with Gasteiger partial charge in [0.05, 0.1) is 12.3 Å². The van der Waals surface area contributed by atoms with Gasteiger partial charge in [-0.1, -0.05) is 35.5 Å². The molecule has 0 saturated carbocycles. The lowest BCUT2D eigenvalue weighted by molar-refractivity contribution is -0.127. The Morgan fingerprint density at radius 2 is 2.11 bits per heavy atom. The van der Waals surface area contributed by atoms with Gasteiger partial charge in [-0.15, -0.1) is 28.1 Å². The molecule has 0 aliphatic heterocycles. The average molecular weight is 419 g/mol. The van der Waals surface area contributed by atoms with E-state index in [2.05, 4.69) is 16.8 Å². The Balaban J connectivity index is 1.70. The molecular formula is C19H19ClN4OS2. The molecule has 1 amide bonds. The van der Waals surface area contributed by atoms with E-state index in [0.717, 1.165) is 16.3 Å². The van der Waals surface area contributed by atoms with Crippen LogP contribution >= 0.6 is 34.7 Å². The third kappa shape index (κ3) is 5.00. The average Bonchev–Trinajstić information content (AvgIpc) is 3.31. The largest absolute Gasteiger partial charge is 0.340 e. The Morgan fingerprint density at radius 1 is 1.33 bits per heavy atom. The maximum Gasteiger partial charge on any atom is 0.233 e. The fourth-order valence-corrected chi connectivity index (χ4v) is 4.23. The molecule has 0 fully saturated rings. The Morgan fingerprint density at radius 3 is 2.78 bits per heavy atom. The van der Waals surface area contributed by atoms with E-state index in [9.17, 15) is 4.79 Å². The van der Waals surface area contributed by atoms with Gasteiger partial charge in [0.25, 0.3) is 0 Å². The first-order valence-corrected chi connectivity index (χ1v) is 10.5. The first kappa shape index (κ1) is 19.7. The summed E-state index contributed by atoms with van der Waals surface area (Å²) in [5.74, 6) is 1.08. The number of amides is 1. The molecule has 3 aromatic rings. The molecule has 27 heavy (non-hydrogen) atoms. The zero-order valence-electron chi connectivity index (χ0n) is 14.8. The second kappa shape index (κ2) is 9.21. The lowest BCUT2D eigenvalue weighted by Gasteiger charge is -2.16. The summed E-state index contributed by atoms with van der Waals surface area (Å²) in [4.78, 5) is 15.3. The molecule has 2 aromatic heterocycles. The van der Waals surface area contributed by atoms with Crippen LogP contribution in [0.25, 0.3) is 11.4 Å². The topological polar surface area (TPSA) is 51.0 Å². The first-order chi connectivity index (χ1) is 13.1. The third-order valence-electron chi connectivity index (χ3n) is 3.85. The van der Waals surface area contributed by atoms with Crippen LogP contribution in [0.2, 0.25) is 5.02 Å². The number of hydrogen-bond donors (Lipinski definition) is 0. The van der Waals surface area contributed by atoms with Crippen LogP contribution in [0.1, 0.15) is 4.88 Å². The van der Waals surface area contributed by atoms with E-state index in [1.54, 1.807) is 22.3 Å². The molecule has 1 aromatic carbocycles. The van der Waals surface area contributed by atoms with Crippen LogP contribution in [-0.4, -0.2) is 38.4 Å². The highest BCUT2D eigenvalue weighted by molar-refractivity contribution is 7.99. The fourth-order valence-electron chi connectivity index (χ4n) is 2.46. The van der Waals surface area contributed by atoms with Crippen LogP contribution in [0.5, 0.6) is 0 Å². The number of benzene rings is 1. The van der Waals surface area contributed by atoms with Crippen molar-refractivity contribution in [2.45, 2.75) is 18.2 Å². The summed E-state index contributed by atoms with van der Waals surface area (Å²) in [5, 5.41) is 11.9. The quantitative estimate of drug-likeness (QED) is 0.396. The molecule has 0 saturated heterocycles. The Hall–Kier alpha value is -2.09. The minimum atomic E-state index is 0.0506. The SMILES string of the molecule is C=CCn1c(SCC(=O)N(C)Cc2cccs2)nnc1-c1ccc(Cl)cc1. The Labute approximate surface area is 171 Å². The number of rotatable bonds is 8. The second-order valence-corrected chi connectivity index (χ2v) is 8.24. The molecule has 3 rings (SSSR count). The van der Waals surface area contributed by atoms with E-state index in [1.165, 1.54) is 11.8 Å². The van der Waals surface area contributed by atoms with Crippen LogP contribution < -0.4 is 0 Å². The van der Waals surface area contributed by atoms with Crippen molar-refractivity contribution < 1.29 is 4.79 Å². The number of hydrogen-bond acceptors (Lipinski definition) is 5. The Bertz CT molecular complexity index is 906. The van der Waals surface area contributed by atoms with Crippen molar-refractivity contribution in [3.63, 3.8) is 0 Å². The van der Waals surface area contributed by atoms with Gasteiger partial charge in [0.1, 0.15) is 0 Å². The zero-order chi connectivity index (χ0) is 19.2. The summed E-state index contributed by atoms with van der Waals surface area (Å²) in [5.41, 5.74) is 0.918. The van der Waals surface area contributed by atoms with E-state index in [4.69, 9.17) is 11.6 Å². The molecule has 0 N–H and O–H groups in total. The van der Waals surface area contributed by atoms with Crippen LogP contribution in [0.4, 0.5) is 0 Å². The number of carbonyl (C=O) groups excluding carboxylic acids is 1. The van der Waals surface area contributed by atoms with Gasteiger partial charge in [-0.05, 0) is 35.7 Å². The zero-order valence-corrected chi connectivity index (χ0v) is 17.2. The van der Waals surface area contributed by atoms with Crippen molar-refractivity contribution in [2.75, 3.05) is 12.8 Å². The highest BCUT2D eigenvalue weighted by Gasteiger charge is 2.16. The fraction of sp³-hybridized carbons (Fsp3) is 0.211. The predicted molar refractivity (Wildman–Crippen MR) is 112 cm³/mol. The molecule has 0 aliphatic rings. The van der Waals surface area contributed by atoms with Crippen molar-refractivity contribution in [3.05, 3.63) is 64.3 Å². The van der Waals surface area contributed by atoms with Crippen LogP contribution in [0.15, 0.2) is 59.6 Å². The molecule has 0 bridgehead atoms. The second-order valence-electron chi connectivity index (χ2n) is 5.83. The standard InChI is InChI=1S/C19H19ClN4OS2/c1-3-10-24-18(14-6-8-15(20)9-7-14)21-22-19(24)27-13-17(25)23(2)12-16-5-4-11-26-16/h3-9,11H,1,10,12-13H2,2H3. The van der Waals surface area contributed by atoms with E-state index < -0.39 is 0 Å². The van der Waals surface area contributed by atoms with Crippen LogP contribution in [-0.2, 0) is 17.9 Å². The minimum Gasteiger partial charge on any atom is -0.340 e. The van der Waals surface area contributed by atoms with Crippen molar-refractivity contribution >= 4 is 40.6 Å². The summed E-state index contributed by atoms with van der Waals surface area (Å²) in [6.45, 7) is 4.99. The molecule has 8 heteroatoms. The first-order valence-electron chi connectivity index (χ1n) is 8.27. The van der Waals surface area contributed by atoms with Gasteiger partial charge in [0.2, 0.25) is 5.91 Å². The van der Waals surface area contributed by atoms with E-state index in [1.807, 2.05) is 53.4 Å². The number of aromatic nitrogens is 3. The van der Waals surface area contributed by atoms with Crippen molar-refractivity contribution in [2.24, 2.45) is 0 Å². The molecule has 0 radical (unpaired) electrons. The minimum absolute atomic E-state index is 0.0506. The summed E-state index contributed by atoms with van der Waals surface area (Å²) in [6.07, 6.45) is 1.79. The molecule has 0 aliphatic carbocycles. The van der Waals surface area contributed by atoms with E-state index in [0.29, 0.717) is 29.0 Å². The molecular weight excluding hydrogens is 400 g/mol. The summed E-state index contributed by atoms with van der Waals surface area (Å²) in [6, 6.07) is 11.5. The van der Waals surface area contributed by atoms with Gasteiger partial charge >= 0.3 is 0 Å². The summed E-state index contributed by atoms with van der Waals surface area (Å²) < 4.78 is 1.95. The lowest BCUT2D eigenvalue weighted by atomic mass is 10.2. The normalized spacial score (nSPS) is 10.7. The van der Waals surface area contributed by atoms with Crippen LogP contribution in [0, 0.1) is 0 Å². The van der Waals surface area contributed by atoms with Gasteiger partial charge in [-0.2, -0.15) is 0 Å². The van der Waals surface area contributed by atoms with Gasteiger partial charge in [0, 0.05) is 29.1 Å². The predicted octanol–water partition coefficient (Wildman–Crippen LogP) is 4.60. The van der Waals surface area contributed by atoms with Gasteiger partial charge in [-0.25, -0.2) is 0 Å². The van der Waals surface area contributed by atoms with Gasteiger partial charge < -0.3 is 4.90 Å². The molecule has 5 nitrogen and oxygen atoms in total. The summed E-state index contributed by atoms with van der Waals surface area (Å²) >= 11 is 8.99. The maximum absolute atomic E-state index is 12.4. The number of halogens is 1. The third-order valence-corrected chi connectivity index (χ3v) is 5.92.